The first-order valence-corrected chi connectivity index (χ1v) is 8.72. The molecule has 4 aromatic rings. The number of aryl methyl sites for hydroxylation is 2. The average molecular weight is 346 g/mol. The number of benzene rings is 1. The highest BCUT2D eigenvalue weighted by Gasteiger charge is 2.18. The van der Waals surface area contributed by atoms with Crippen LogP contribution in [0.1, 0.15) is 29.8 Å². The molecule has 0 fully saturated rings. The van der Waals surface area contributed by atoms with Crippen molar-refractivity contribution in [2.75, 3.05) is 0 Å². The molecule has 3 aromatic heterocycles. The first-order valence-electron chi connectivity index (χ1n) is 8.72. The quantitative estimate of drug-likeness (QED) is 0.556. The fourth-order valence-corrected chi connectivity index (χ4v) is 3.46. The van der Waals surface area contributed by atoms with Crippen LogP contribution < -0.4 is 0 Å². The molecule has 0 radical (unpaired) electrons. The summed E-state index contributed by atoms with van der Waals surface area (Å²) in [5.41, 5.74) is 4.57. The van der Waals surface area contributed by atoms with Crippen molar-refractivity contribution < 1.29 is 0 Å². The molecule has 4 rings (SSSR count). The minimum Gasteiger partial charge on any atom is -0.324 e. The number of nitrogens with zero attached hydrogens (tertiary/aromatic N) is 6. The largest absolute Gasteiger partial charge is 0.324 e. The Balaban J connectivity index is 1.75. The molecule has 0 saturated heterocycles. The molecule has 3 heterocycles. The van der Waals surface area contributed by atoms with Gasteiger partial charge in [-0.1, -0.05) is 24.3 Å². The molecule has 1 aromatic carbocycles. The van der Waals surface area contributed by atoms with Crippen LogP contribution in [0.5, 0.6) is 0 Å². The molecule has 0 spiro atoms. The average Bonchev–Trinajstić information content (AvgIpc) is 3.36. The van der Waals surface area contributed by atoms with Gasteiger partial charge in [0.15, 0.2) is 0 Å². The zero-order valence-electron chi connectivity index (χ0n) is 15.2. The number of rotatable bonds is 5. The predicted octanol–water partition coefficient (Wildman–Crippen LogP) is 3.45. The molecule has 0 unspecified atom stereocenters. The van der Waals surface area contributed by atoms with Gasteiger partial charge in [-0.3, -0.25) is 9.36 Å². The summed E-state index contributed by atoms with van der Waals surface area (Å²) in [6.45, 7) is 4.95. The highest BCUT2D eigenvalue weighted by Crippen LogP contribution is 2.29. The summed E-state index contributed by atoms with van der Waals surface area (Å²) in [6, 6.07) is 10.5. The molecule has 0 aliphatic carbocycles. The van der Waals surface area contributed by atoms with E-state index in [1.54, 1.807) is 6.20 Å². The minimum absolute atomic E-state index is 0.152. The van der Waals surface area contributed by atoms with Crippen LogP contribution in [-0.2, 0) is 13.6 Å². The van der Waals surface area contributed by atoms with Crippen LogP contribution in [0.25, 0.3) is 11.4 Å². The molecule has 0 bridgehead atoms. The van der Waals surface area contributed by atoms with E-state index in [4.69, 9.17) is 0 Å². The van der Waals surface area contributed by atoms with Gasteiger partial charge in [-0.05, 0) is 25.5 Å². The Labute approximate surface area is 152 Å². The molecule has 6 nitrogen and oxygen atoms in total. The molecule has 6 heteroatoms. The van der Waals surface area contributed by atoms with Gasteiger partial charge in [0, 0.05) is 49.2 Å². The van der Waals surface area contributed by atoms with Crippen LogP contribution in [0.3, 0.4) is 0 Å². The number of imidazole rings is 1. The number of hydrogen-bond donors (Lipinski definition) is 0. The van der Waals surface area contributed by atoms with E-state index in [0.717, 1.165) is 23.6 Å². The van der Waals surface area contributed by atoms with E-state index in [0.29, 0.717) is 0 Å². The van der Waals surface area contributed by atoms with Crippen LogP contribution in [0.4, 0.5) is 0 Å². The summed E-state index contributed by atoms with van der Waals surface area (Å²) in [5.74, 6) is 0.962. The van der Waals surface area contributed by atoms with Gasteiger partial charge >= 0.3 is 0 Å². The van der Waals surface area contributed by atoms with Crippen molar-refractivity contribution in [2.24, 2.45) is 7.05 Å². The molecule has 1 atom stereocenters. The Morgan fingerprint density at radius 3 is 2.65 bits per heavy atom. The van der Waals surface area contributed by atoms with Crippen molar-refractivity contribution >= 4 is 0 Å². The maximum absolute atomic E-state index is 4.67. The number of hydrogen-bond acceptors (Lipinski definition) is 3. The maximum Gasteiger partial charge on any atom is 0.140 e. The van der Waals surface area contributed by atoms with Crippen LogP contribution in [0, 0.1) is 6.92 Å². The fraction of sp³-hybridized carbons (Fsp3) is 0.250. The van der Waals surface area contributed by atoms with Crippen molar-refractivity contribution in [3.8, 4) is 11.4 Å². The maximum atomic E-state index is 4.67. The van der Waals surface area contributed by atoms with Crippen LogP contribution in [-0.4, -0.2) is 29.1 Å². The van der Waals surface area contributed by atoms with Gasteiger partial charge in [0.25, 0.3) is 0 Å². The topological polar surface area (TPSA) is 53.5 Å². The molecular formula is C20H22N6. The van der Waals surface area contributed by atoms with Crippen molar-refractivity contribution in [1.29, 1.82) is 0 Å². The van der Waals surface area contributed by atoms with Crippen molar-refractivity contribution in [1.82, 2.24) is 29.1 Å². The number of aromatic nitrogens is 6. The summed E-state index contributed by atoms with van der Waals surface area (Å²) in [4.78, 5) is 4.67. The monoisotopic (exact) mass is 346 g/mol. The Hall–Kier alpha value is -3.15. The third-order valence-electron chi connectivity index (χ3n) is 4.74. The lowest BCUT2D eigenvalue weighted by Gasteiger charge is -2.18. The standard InChI is InChI=1S/C20H22N6/c1-15-19(14-24(3)23-15)16(2)26-12-10-21-20(26)18-8-5-4-7-17(18)13-25-11-6-9-22-25/h4-12,14,16H,13H2,1-3H3/t16-/m0/s1. The third-order valence-corrected chi connectivity index (χ3v) is 4.74. The highest BCUT2D eigenvalue weighted by molar-refractivity contribution is 5.61. The zero-order valence-corrected chi connectivity index (χ0v) is 15.2. The first kappa shape index (κ1) is 16.3. The first-order chi connectivity index (χ1) is 12.6. The van der Waals surface area contributed by atoms with Gasteiger partial charge in [0.05, 0.1) is 18.3 Å². The van der Waals surface area contributed by atoms with Gasteiger partial charge < -0.3 is 4.57 Å². The smallest absolute Gasteiger partial charge is 0.140 e. The molecule has 0 aliphatic heterocycles. The summed E-state index contributed by atoms with van der Waals surface area (Å²) in [7, 11) is 1.96. The second kappa shape index (κ2) is 6.63. The van der Waals surface area contributed by atoms with E-state index < -0.39 is 0 Å². The lowest BCUT2D eigenvalue weighted by molar-refractivity contribution is 0.639. The Kier molecular flexibility index (Phi) is 4.16. The van der Waals surface area contributed by atoms with E-state index in [1.807, 2.05) is 48.0 Å². The molecule has 0 amide bonds. The Morgan fingerprint density at radius 1 is 1.08 bits per heavy atom. The van der Waals surface area contributed by atoms with E-state index in [1.165, 1.54) is 11.1 Å². The van der Waals surface area contributed by atoms with Crippen LogP contribution in [0.2, 0.25) is 0 Å². The Bertz CT molecular complexity index is 1010. The van der Waals surface area contributed by atoms with E-state index in [-0.39, 0.29) is 6.04 Å². The van der Waals surface area contributed by atoms with Gasteiger partial charge in [0.1, 0.15) is 5.82 Å². The van der Waals surface area contributed by atoms with E-state index in [2.05, 4.69) is 57.1 Å². The fourth-order valence-electron chi connectivity index (χ4n) is 3.46. The van der Waals surface area contributed by atoms with E-state index in [9.17, 15) is 0 Å². The normalized spacial score (nSPS) is 12.4. The van der Waals surface area contributed by atoms with E-state index >= 15 is 0 Å². The molecule has 132 valence electrons. The van der Waals surface area contributed by atoms with Gasteiger partial charge in [0.2, 0.25) is 0 Å². The zero-order chi connectivity index (χ0) is 18.1. The predicted molar refractivity (Wildman–Crippen MR) is 101 cm³/mol. The molecule has 0 N–H and O–H groups in total. The van der Waals surface area contributed by atoms with Crippen LogP contribution in [0.15, 0.2) is 61.3 Å². The minimum atomic E-state index is 0.152. The lowest BCUT2D eigenvalue weighted by atomic mass is 10.1. The van der Waals surface area contributed by atoms with Gasteiger partial charge in [-0.15, -0.1) is 0 Å². The van der Waals surface area contributed by atoms with Gasteiger partial charge in [-0.2, -0.15) is 10.2 Å². The highest BCUT2D eigenvalue weighted by atomic mass is 15.3. The third kappa shape index (κ3) is 2.94. The lowest BCUT2D eigenvalue weighted by Crippen LogP contribution is -2.10. The summed E-state index contributed by atoms with van der Waals surface area (Å²) < 4.78 is 6.01. The van der Waals surface area contributed by atoms with Crippen molar-refractivity contribution in [3.05, 3.63) is 78.1 Å². The Morgan fingerprint density at radius 2 is 1.92 bits per heavy atom. The molecule has 26 heavy (non-hydrogen) atoms. The SMILES string of the molecule is Cc1nn(C)cc1[C@H](C)n1ccnc1-c1ccccc1Cn1cccn1. The summed E-state index contributed by atoms with van der Waals surface area (Å²) in [6.07, 6.45) is 9.76. The molecular weight excluding hydrogens is 324 g/mol. The van der Waals surface area contributed by atoms with Crippen LogP contribution >= 0.6 is 0 Å². The second-order valence-electron chi connectivity index (χ2n) is 6.54. The van der Waals surface area contributed by atoms with Crippen molar-refractivity contribution in [3.63, 3.8) is 0 Å². The second-order valence-corrected chi connectivity index (χ2v) is 6.54. The molecule has 0 aliphatic rings. The van der Waals surface area contributed by atoms with Crippen molar-refractivity contribution in [2.45, 2.75) is 26.4 Å². The summed E-state index contributed by atoms with van der Waals surface area (Å²) >= 11 is 0. The summed E-state index contributed by atoms with van der Waals surface area (Å²) in [5, 5.41) is 8.82. The van der Waals surface area contributed by atoms with Gasteiger partial charge in [-0.25, -0.2) is 4.98 Å². The molecule has 0 saturated carbocycles.